The van der Waals surface area contributed by atoms with Crippen LogP contribution in [0, 0.1) is 5.92 Å². The van der Waals surface area contributed by atoms with Gasteiger partial charge in [-0.2, -0.15) is 0 Å². The van der Waals surface area contributed by atoms with Gasteiger partial charge in [-0.05, 0) is 34.6 Å². The van der Waals surface area contributed by atoms with Crippen molar-refractivity contribution in [1.29, 1.82) is 0 Å². The average molecular weight is 200 g/mol. The highest BCUT2D eigenvalue weighted by Crippen LogP contribution is 2.14. The highest BCUT2D eigenvalue weighted by molar-refractivity contribution is 5.73. The molecule has 0 aromatic rings. The molecular weight excluding hydrogens is 180 g/mol. The Bertz CT molecular complexity index is 213. The Labute approximate surface area is 85.8 Å². The number of hydrogen-bond acceptors (Lipinski definition) is 3. The zero-order valence-electron chi connectivity index (χ0n) is 9.57. The average Bonchev–Trinajstić information content (AvgIpc) is 2.00. The SMILES string of the molecule is C/C=C/C(O)C(C)C(=O)OC(C)(C)C. The molecule has 14 heavy (non-hydrogen) atoms. The van der Waals surface area contributed by atoms with E-state index in [2.05, 4.69) is 0 Å². The number of carbonyl (C=O) groups excluding carboxylic acids is 1. The smallest absolute Gasteiger partial charge is 0.312 e. The topological polar surface area (TPSA) is 46.5 Å². The number of aliphatic hydroxyl groups excluding tert-OH is 1. The molecule has 2 atom stereocenters. The van der Waals surface area contributed by atoms with E-state index < -0.39 is 17.6 Å². The van der Waals surface area contributed by atoms with Crippen LogP contribution in [0.5, 0.6) is 0 Å². The second kappa shape index (κ2) is 5.15. The largest absolute Gasteiger partial charge is 0.460 e. The van der Waals surface area contributed by atoms with E-state index in [0.717, 1.165) is 0 Å². The van der Waals surface area contributed by atoms with Crippen LogP contribution in [-0.2, 0) is 9.53 Å². The highest BCUT2D eigenvalue weighted by atomic mass is 16.6. The van der Waals surface area contributed by atoms with Crippen LogP contribution in [0.3, 0.4) is 0 Å². The van der Waals surface area contributed by atoms with Crippen LogP contribution in [0.1, 0.15) is 34.6 Å². The van der Waals surface area contributed by atoms with Crippen LogP contribution in [0.4, 0.5) is 0 Å². The second-order valence-corrected chi connectivity index (χ2v) is 4.34. The third-order valence-electron chi connectivity index (χ3n) is 1.68. The summed E-state index contributed by atoms with van der Waals surface area (Å²) >= 11 is 0. The van der Waals surface area contributed by atoms with Crippen molar-refractivity contribution in [2.45, 2.75) is 46.3 Å². The van der Waals surface area contributed by atoms with Gasteiger partial charge in [-0.15, -0.1) is 0 Å². The zero-order chi connectivity index (χ0) is 11.4. The summed E-state index contributed by atoms with van der Waals surface area (Å²) in [4.78, 5) is 11.5. The molecule has 0 aliphatic heterocycles. The Balaban J connectivity index is 4.26. The van der Waals surface area contributed by atoms with E-state index in [-0.39, 0.29) is 5.97 Å². The molecule has 0 aromatic carbocycles. The highest BCUT2D eigenvalue weighted by Gasteiger charge is 2.25. The predicted molar refractivity (Wildman–Crippen MR) is 55.8 cm³/mol. The van der Waals surface area contributed by atoms with E-state index in [1.807, 2.05) is 0 Å². The van der Waals surface area contributed by atoms with Gasteiger partial charge < -0.3 is 9.84 Å². The van der Waals surface area contributed by atoms with Gasteiger partial charge in [0.25, 0.3) is 0 Å². The number of hydrogen-bond donors (Lipinski definition) is 1. The lowest BCUT2D eigenvalue weighted by Crippen LogP contribution is -2.32. The molecule has 1 N–H and O–H groups in total. The first-order chi connectivity index (χ1) is 6.28. The summed E-state index contributed by atoms with van der Waals surface area (Å²) in [6, 6.07) is 0. The normalized spacial score (nSPS) is 16.7. The summed E-state index contributed by atoms with van der Waals surface area (Å²) in [5, 5.41) is 9.50. The predicted octanol–water partition coefficient (Wildman–Crippen LogP) is 1.90. The van der Waals surface area contributed by atoms with E-state index in [1.54, 1.807) is 46.8 Å². The minimum absolute atomic E-state index is 0.372. The van der Waals surface area contributed by atoms with Crippen molar-refractivity contribution in [2.24, 2.45) is 5.92 Å². The molecule has 82 valence electrons. The fourth-order valence-corrected chi connectivity index (χ4v) is 0.898. The molecule has 3 nitrogen and oxygen atoms in total. The molecule has 2 unspecified atom stereocenters. The maximum absolute atomic E-state index is 11.5. The number of carbonyl (C=O) groups is 1. The van der Waals surface area contributed by atoms with Gasteiger partial charge >= 0.3 is 5.97 Å². The molecule has 3 heteroatoms. The molecule has 0 rings (SSSR count). The van der Waals surface area contributed by atoms with Crippen LogP contribution < -0.4 is 0 Å². The van der Waals surface area contributed by atoms with Crippen LogP contribution in [0.25, 0.3) is 0 Å². The third-order valence-corrected chi connectivity index (χ3v) is 1.68. The fourth-order valence-electron chi connectivity index (χ4n) is 0.898. The molecule has 0 saturated heterocycles. The van der Waals surface area contributed by atoms with Crippen LogP contribution in [0.15, 0.2) is 12.2 Å². The maximum atomic E-state index is 11.5. The Kier molecular flexibility index (Phi) is 4.85. The summed E-state index contributed by atoms with van der Waals surface area (Å²) in [6.45, 7) is 8.86. The molecule has 0 saturated carbocycles. The molecule has 0 spiro atoms. The van der Waals surface area contributed by atoms with E-state index in [4.69, 9.17) is 4.74 Å². The number of rotatable bonds is 3. The van der Waals surface area contributed by atoms with Gasteiger partial charge in [-0.25, -0.2) is 0 Å². The van der Waals surface area contributed by atoms with E-state index >= 15 is 0 Å². The lowest BCUT2D eigenvalue weighted by atomic mass is 10.0. The zero-order valence-corrected chi connectivity index (χ0v) is 9.57. The number of allylic oxidation sites excluding steroid dienone is 1. The van der Waals surface area contributed by atoms with Gasteiger partial charge in [-0.3, -0.25) is 4.79 Å². The summed E-state index contributed by atoms with van der Waals surface area (Å²) in [6.07, 6.45) is 2.52. The summed E-state index contributed by atoms with van der Waals surface area (Å²) in [5.41, 5.74) is -0.499. The van der Waals surface area contributed by atoms with Gasteiger partial charge in [0.2, 0.25) is 0 Å². The number of esters is 1. The van der Waals surface area contributed by atoms with E-state index in [9.17, 15) is 9.90 Å². The fraction of sp³-hybridized carbons (Fsp3) is 0.727. The molecule has 0 fully saturated rings. The van der Waals surface area contributed by atoms with Crippen molar-refractivity contribution >= 4 is 5.97 Å². The Morgan fingerprint density at radius 1 is 1.43 bits per heavy atom. The molecule has 0 amide bonds. The van der Waals surface area contributed by atoms with Crippen molar-refractivity contribution in [1.82, 2.24) is 0 Å². The second-order valence-electron chi connectivity index (χ2n) is 4.34. The molecule has 0 aliphatic rings. The van der Waals surface area contributed by atoms with Crippen LogP contribution in [-0.4, -0.2) is 22.8 Å². The van der Waals surface area contributed by atoms with Crippen molar-refractivity contribution < 1.29 is 14.6 Å². The maximum Gasteiger partial charge on any atom is 0.312 e. The summed E-state index contributed by atoms with van der Waals surface area (Å²) < 4.78 is 5.13. The quantitative estimate of drug-likeness (QED) is 0.559. The first-order valence-corrected chi connectivity index (χ1v) is 4.81. The molecular formula is C11H20O3. The first-order valence-electron chi connectivity index (χ1n) is 4.81. The molecule has 0 bridgehead atoms. The Hall–Kier alpha value is -0.830. The Morgan fingerprint density at radius 3 is 2.29 bits per heavy atom. The van der Waals surface area contributed by atoms with Gasteiger partial charge in [0, 0.05) is 0 Å². The molecule has 0 aromatic heterocycles. The lowest BCUT2D eigenvalue weighted by Gasteiger charge is -2.23. The number of ether oxygens (including phenoxy) is 1. The monoisotopic (exact) mass is 200 g/mol. The Morgan fingerprint density at radius 2 is 1.93 bits per heavy atom. The molecule has 0 radical (unpaired) electrons. The van der Waals surface area contributed by atoms with Crippen molar-refractivity contribution in [3.05, 3.63) is 12.2 Å². The van der Waals surface area contributed by atoms with Gasteiger partial charge in [-0.1, -0.05) is 12.2 Å². The van der Waals surface area contributed by atoms with Crippen molar-refractivity contribution in [3.8, 4) is 0 Å². The lowest BCUT2D eigenvalue weighted by molar-refractivity contribution is -0.162. The van der Waals surface area contributed by atoms with E-state index in [1.165, 1.54) is 0 Å². The summed E-state index contributed by atoms with van der Waals surface area (Å²) in [5.74, 6) is -0.895. The number of aliphatic hydroxyl groups is 1. The van der Waals surface area contributed by atoms with Gasteiger partial charge in [0.05, 0.1) is 12.0 Å². The first kappa shape index (κ1) is 13.2. The van der Waals surface area contributed by atoms with Crippen LogP contribution >= 0.6 is 0 Å². The standard InChI is InChI=1S/C11H20O3/c1-6-7-9(12)8(2)10(13)14-11(3,4)5/h6-9,12H,1-5H3/b7-6+. The summed E-state index contributed by atoms with van der Waals surface area (Å²) in [7, 11) is 0. The third kappa shape index (κ3) is 5.02. The minimum Gasteiger partial charge on any atom is -0.460 e. The van der Waals surface area contributed by atoms with Gasteiger partial charge in [0.1, 0.15) is 5.60 Å². The van der Waals surface area contributed by atoms with Crippen molar-refractivity contribution in [2.75, 3.05) is 0 Å². The van der Waals surface area contributed by atoms with Crippen LogP contribution in [0.2, 0.25) is 0 Å². The van der Waals surface area contributed by atoms with E-state index in [0.29, 0.717) is 0 Å². The van der Waals surface area contributed by atoms with Gasteiger partial charge in [0.15, 0.2) is 0 Å². The van der Waals surface area contributed by atoms with Crippen molar-refractivity contribution in [3.63, 3.8) is 0 Å². The minimum atomic E-state index is -0.769. The molecule has 0 aliphatic carbocycles. The molecule has 0 heterocycles.